The lowest BCUT2D eigenvalue weighted by atomic mass is 9.74. The van der Waals surface area contributed by atoms with Crippen LogP contribution in [0, 0.1) is 17.3 Å². The number of carboxylic acids is 1. The minimum atomic E-state index is -5.08. The predicted molar refractivity (Wildman–Crippen MR) is 129 cm³/mol. The van der Waals surface area contributed by atoms with Gasteiger partial charge < -0.3 is 14.9 Å². The van der Waals surface area contributed by atoms with Crippen LogP contribution < -0.4 is 0 Å². The lowest BCUT2D eigenvalue weighted by Crippen LogP contribution is -2.47. The summed E-state index contributed by atoms with van der Waals surface area (Å²) < 4.78 is 33.6. The molecule has 3 aliphatic rings. The van der Waals surface area contributed by atoms with Gasteiger partial charge in [-0.05, 0) is 31.6 Å². The van der Waals surface area contributed by atoms with Crippen LogP contribution in [-0.2, 0) is 28.0 Å². The molecule has 3 fully saturated rings. The van der Waals surface area contributed by atoms with E-state index in [1.807, 2.05) is 38.2 Å². The van der Waals surface area contributed by atoms with Gasteiger partial charge in [0.05, 0.1) is 11.6 Å². The molecule has 2 atom stereocenters. The summed E-state index contributed by atoms with van der Waals surface area (Å²) in [7, 11) is 5.67. The number of rotatable bonds is 5. The summed E-state index contributed by atoms with van der Waals surface area (Å²) in [5.74, 6) is -1.46. The van der Waals surface area contributed by atoms with Crippen molar-refractivity contribution in [3.63, 3.8) is 0 Å². The number of carboxylic acid groups (broad SMARTS) is 1. The molecule has 3 heterocycles. The number of aryl methyl sites for hydroxylation is 1. The Morgan fingerprint density at radius 1 is 1.16 bits per heavy atom. The normalized spacial score (nSPS) is 24.7. The molecule has 0 spiro atoms. The molecule has 208 valence electrons. The first-order chi connectivity index (χ1) is 17.3. The second kappa shape index (κ2) is 11.8. The van der Waals surface area contributed by atoms with Crippen molar-refractivity contribution in [1.29, 1.82) is 0 Å². The topological polar surface area (TPSA) is 99.0 Å². The standard InChI is InChI=1S/C23H37N5O2.C2HF3O2/c1-25(2)22(30)23-9-6-10-28(21(29)11-18-7-4-5-8-18)16-20(23)15-27(17-23)14-19-12-24-26(3)13-19;3-2(4,5)1(6)7/h12-13,18,20H,4-11,14-17H2,1-3H3;(H,6,7)/t20-,23+;/m1./s1. The molecule has 12 heteroatoms. The molecule has 1 aliphatic carbocycles. The Hall–Kier alpha value is -2.63. The summed E-state index contributed by atoms with van der Waals surface area (Å²) in [6.07, 6.45) is 6.28. The molecule has 1 aromatic heterocycles. The number of halogens is 3. The van der Waals surface area contributed by atoms with E-state index in [0.717, 1.165) is 39.0 Å². The van der Waals surface area contributed by atoms with Crippen LogP contribution in [0.5, 0.6) is 0 Å². The second-order valence-electron chi connectivity index (χ2n) is 10.8. The molecule has 0 radical (unpaired) electrons. The first-order valence-corrected chi connectivity index (χ1v) is 12.8. The van der Waals surface area contributed by atoms with Crippen LogP contribution in [0.2, 0.25) is 0 Å². The van der Waals surface area contributed by atoms with Crippen LogP contribution >= 0.6 is 0 Å². The Morgan fingerprint density at radius 3 is 2.35 bits per heavy atom. The van der Waals surface area contributed by atoms with Gasteiger partial charge in [0.25, 0.3) is 0 Å². The van der Waals surface area contributed by atoms with Crippen molar-refractivity contribution < 1.29 is 32.7 Å². The Labute approximate surface area is 215 Å². The molecule has 4 rings (SSSR count). The number of hydrogen-bond donors (Lipinski definition) is 1. The highest BCUT2D eigenvalue weighted by molar-refractivity contribution is 5.84. The molecule has 1 aromatic rings. The number of alkyl halides is 3. The molecular formula is C25H38F3N5O4. The van der Waals surface area contributed by atoms with E-state index in [0.29, 0.717) is 24.8 Å². The van der Waals surface area contributed by atoms with Crippen molar-refractivity contribution in [2.45, 2.75) is 57.7 Å². The number of hydrogen-bond acceptors (Lipinski definition) is 5. The minimum absolute atomic E-state index is 0.194. The van der Waals surface area contributed by atoms with E-state index >= 15 is 0 Å². The lowest BCUT2D eigenvalue weighted by molar-refractivity contribution is -0.192. The molecule has 1 saturated carbocycles. The molecule has 0 aromatic carbocycles. The van der Waals surface area contributed by atoms with Crippen LogP contribution in [0.15, 0.2) is 12.4 Å². The first-order valence-electron chi connectivity index (χ1n) is 12.8. The highest BCUT2D eigenvalue weighted by Gasteiger charge is 2.53. The van der Waals surface area contributed by atoms with E-state index < -0.39 is 12.1 Å². The Balaban J connectivity index is 0.000000479. The van der Waals surface area contributed by atoms with E-state index in [2.05, 4.69) is 14.9 Å². The highest BCUT2D eigenvalue weighted by atomic mass is 19.4. The van der Waals surface area contributed by atoms with Gasteiger partial charge in [0, 0.05) is 78.0 Å². The third kappa shape index (κ3) is 7.24. The van der Waals surface area contributed by atoms with Gasteiger partial charge in [-0.1, -0.05) is 12.8 Å². The zero-order chi connectivity index (χ0) is 27.4. The molecule has 9 nitrogen and oxygen atoms in total. The summed E-state index contributed by atoms with van der Waals surface area (Å²) >= 11 is 0. The molecule has 2 amide bonds. The molecule has 1 N–H and O–H groups in total. The zero-order valence-corrected chi connectivity index (χ0v) is 21.8. The van der Waals surface area contributed by atoms with Crippen LogP contribution in [0.25, 0.3) is 0 Å². The van der Waals surface area contributed by atoms with Crippen molar-refractivity contribution >= 4 is 17.8 Å². The highest BCUT2D eigenvalue weighted by Crippen LogP contribution is 2.44. The zero-order valence-electron chi connectivity index (χ0n) is 21.8. The third-order valence-electron chi connectivity index (χ3n) is 7.79. The molecule has 2 saturated heterocycles. The number of carbonyl (C=O) groups excluding carboxylic acids is 2. The maximum Gasteiger partial charge on any atom is 0.490 e. The average molecular weight is 530 g/mol. The van der Waals surface area contributed by atoms with Crippen LogP contribution in [0.1, 0.15) is 50.5 Å². The van der Waals surface area contributed by atoms with Crippen molar-refractivity contribution in [1.82, 2.24) is 24.5 Å². The Kier molecular flexibility index (Phi) is 9.25. The second-order valence-corrected chi connectivity index (χ2v) is 10.8. The van der Waals surface area contributed by atoms with E-state index in [4.69, 9.17) is 9.90 Å². The third-order valence-corrected chi connectivity index (χ3v) is 7.79. The quantitative estimate of drug-likeness (QED) is 0.630. The van der Waals surface area contributed by atoms with E-state index in [-0.39, 0.29) is 17.2 Å². The summed E-state index contributed by atoms with van der Waals surface area (Å²) in [5, 5.41) is 11.4. The van der Waals surface area contributed by atoms with Gasteiger partial charge in [-0.15, -0.1) is 0 Å². The van der Waals surface area contributed by atoms with Crippen LogP contribution in [0.4, 0.5) is 13.2 Å². The number of amides is 2. The summed E-state index contributed by atoms with van der Waals surface area (Å²) in [4.78, 5) is 41.6. The van der Waals surface area contributed by atoms with Crippen LogP contribution in [0.3, 0.4) is 0 Å². The lowest BCUT2D eigenvalue weighted by Gasteiger charge is -2.35. The van der Waals surface area contributed by atoms with Crippen molar-refractivity contribution in [2.24, 2.45) is 24.3 Å². The summed E-state index contributed by atoms with van der Waals surface area (Å²) in [6, 6.07) is 0. The molecule has 0 bridgehead atoms. The maximum absolute atomic E-state index is 13.4. The van der Waals surface area contributed by atoms with Gasteiger partial charge in [0.2, 0.25) is 11.8 Å². The smallest absolute Gasteiger partial charge is 0.475 e. The van der Waals surface area contributed by atoms with Gasteiger partial charge >= 0.3 is 12.1 Å². The molecule has 0 unspecified atom stereocenters. The Bertz CT molecular complexity index is 960. The number of aromatic nitrogens is 2. The molecule has 37 heavy (non-hydrogen) atoms. The number of fused-ring (bicyclic) bond motifs is 1. The minimum Gasteiger partial charge on any atom is -0.475 e. The summed E-state index contributed by atoms with van der Waals surface area (Å²) in [6.45, 7) is 3.96. The van der Waals surface area contributed by atoms with Gasteiger partial charge in [0.1, 0.15) is 0 Å². The van der Waals surface area contributed by atoms with Crippen molar-refractivity contribution in [2.75, 3.05) is 40.3 Å². The van der Waals surface area contributed by atoms with Crippen LogP contribution in [-0.4, -0.2) is 93.8 Å². The van der Waals surface area contributed by atoms with Gasteiger partial charge in [0.15, 0.2) is 0 Å². The fourth-order valence-corrected chi connectivity index (χ4v) is 6.08. The van der Waals surface area contributed by atoms with Gasteiger partial charge in [-0.25, -0.2) is 4.79 Å². The SMILES string of the molecule is CN(C)C(=O)[C@]12CCCN(C(=O)CC3CCCC3)C[C@H]1CN(Cc1cnn(C)c1)C2.O=C(O)C(F)(F)F. The van der Waals surface area contributed by atoms with Gasteiger partial charge in [-0.2, -0.15) is 18.3 Å². The van der Waals surface area contributed by atoms with Crippen molar-refractivity contribution in [3.05, 3.63) is 18.0 Å². The summed E-state index contributed by atoms with van der Waals surface area (Å²) in [5.41, 5.74) is 0.796. The number of aliphatic carboxylic acids is 1. The van der Waals surface area contributed by atoms with E-state index in [9.17, 15) is 22.8 Å². The first kappa shape index (κ1) is 28.9. The van der Waals surface area contributed by atoms with E-state index in [1.54, 1.807) is 4.90 Å². The fourth-order valence-electron chi connectivity index (χ4n) is 6.08. The van der Waals surface area contributed by atoms with Gasteiger partial charge in [-0.3, -0.25) is 19.2 Å². The van der Waals surface area contributed by atoms with E-state index in [1.165, 1.54) is 31.2 Å². The number of nitrogens with zero attached hydrogens (tertiary/aromatic N) is 5. The Morgan fingerprint density at radius 2 is 1.81 bits per heavy atom. The largest absolute Gasteiger partial charge is 0.490 e. The number of likely N-dealkylation sites (tertiary alicyclic amines) is 2. The molecular weight excluding hydrogens is 491 g/mol. The monoisotopic (exact) mass is 529 g/mol. The van der Waals surface area contributed by atoms with Crippen molar-refractivity contribution in [3.8, 4) is 0 Å². The molecule has 2 aliphatic heterocycles. The predicted octanol–water partition coefficient (Wildman–Crippen LogP) is 2.76. The fraction of sp³-hybridized carbons (Fsp3) is 0.760. The maximum atomic E-state index is 13.4. The average Bonchev–Trinajstić information content (AvgIpc) is 3.52. The number of carbonyl (C=O) groups is 3.